The second-order valence-corrected chi connectivity index (χ2v) is 8.60. The van der Waals surface area contributed by atoms with Crippen molar-refractivity contribution < 1.29 is 9.53 Å². The summed E-state index contributed by atoms with van der Waals surface area (Å²) >= 11 is 1.36. The highest BCUT2D eigenvalue weighted by atomic mass is 32.1. The highest BCUT2D eigenvalue weighted by Gasteiger charge is 2.15. The third kappa shape index (κ3) is 3.87. The number of pyridine rings is 1. The molecular formula is C26H21N3O3S. The number of aryl methyl sites for hydroxylation is 1. The molecule has 0 aliphatic carbocycles. The molecule has 0 saturated carbocycles. The molecule has 0 saturated heterocycles. The standard InChI is InChI=1S/C26H21N3O3S/c1-16-11-12-23(32-2)19(13-16)20-15-33-26(27-20)28-24(30)14-29-21-9-5-3-7-17(21)25(31)18-8-4-6-10-22(18)29/h3-13,15H,14H2,1-2H3,(H,27,28,30). The van der Waals surface area contributed by atoms with Crippen molar-refractivity contribution in [2.75, 3.05) is 12.4 Å². The Bertz CT molecular complexity index is 1510. The monoisotopic (exact) mass is 455 g/mol. The second-order valence-electron chi connectivity index (χ2n) is 7.74. The molecule has 1 amide bonds. The Kier molecular flexibility index (Phi) is 5.40. The molecule has 7 heteroatoms. The third-order valence-corrected chi connectivity index (χ3v) is 6.32. The zero-order valence-corrected chi connectivity index (χ0v) is 19.0. The number of amides is 1. The number of carbonyl (C=O) groups is 1. The van der Waals surface area contributed by atoms with Crippen LogP contribution in [0.4, 0.5) is 5.13 Å². The lowest BCUT2D eigenvalue weighted by atomic mass is 10.1. The third-order valence-electron chi connectivity index (χ3n) is 5.56. The van der Waals surface area contributed by atoms with E-state index in [0.717, 1.165) is 33.6 Å². The molecule has 0 atom stereocenters. The van der Waals surface area contributed by atoms with Crippen molar-refractivity contribution in [2.24, 2.45) is 0 Å². The van der Waals surface area contributed by atoms with Gasteiger partial charge >= 0.3 is 0 Å². The van der Waals surface area contributed by atoms with E-state index in [0.29, 0.717) is 15.9 Å². The number of ether oxygens (including phenoxy) is 1. The molecule has 0 spiro atoms. The van der Waals surface area contributed by atoms with Gasteiger partial charge in [-0.2, -0.15) is 0 Å². The molecule has 0 aliphatic rings. The van der Waals surface area contributed by atoms with Gasteiger partial charge < -0.3 is 14.6 Å². The van der Waals surface area contributed by atoms with Crippen molar-refractivity contribution in [3.63, 3.8) is 0 Å². The number of aromatic nitrogens is 2. The number of benzene rings is 3. The Hall–Kier alpha value is -3.97. The molecule has 0 radical (unpaired) electrons. The van der Waals surface area contributed by atoms with Gasteiger partial charge in [-0.25, -0.2) is 4.98 Å². The minimum atomic E-state index is -0.217. The van der Waals surface area contributed by atoms with E-state index in [1.54, 1.807) is 19.2 Å². The zero-order chi connectivity index (χ0) is 22.9. The largest absolute Gasteiger partial charge is 0.496 e. The van der Waals surface area contributed by atoms with Gasteiger partial charge in [0.2, 0.25) is 5.91 Å². The Labute approximate surface area is 194 Å². The van der Waals surface area contributed by atoms with Gasteiger partial charge in [0, 0.05) is 21.7 Å². The summed E-state index contributed by atoms with van der Waals surface area (Å²) in [6, 6.07) is 20.6. The van der Waals surface area contributed by atoms with Crippen molar-refractivity contribution in [1.29, 1.82) is 0 Å². The van der Waals surface area contributed by atoms with E-state index >= 15 is 0 Å². The molecule has 0 bridgehead atoms. The summed E-state index contributed by atoms with van der Waals surface area (Å²) in [4.78, 5) is 30.5. The van der Waals surface area contributed by atoms with Gasteiger partial charge in [-0.1, -0.05) is 35.9 Å². The lowest BCUT2D eigenvalue weighted by molar-refractivity contribution is -0.116. The predicted molar refractivity (Wildman–Crippen MR) is 133 cm³/mol. The van der Waals surface area contributed by atoms with E-state index in [9.17, 15) is 9.59 Å². The number of anilines is 1. The number of nitrogens with one attached hydrogen (secondary N) is 1. The SMILES string of the molecule is COc1ccc(C)cc1-c1csc(NC(=O)Cn2c3ccccc3c(=O)c3ccccc32)n1. The Balaban J connectivity index is 1.47. The van der Waals surface area contributed by atoms with E-state index in [4.69, 9.17) is 4.74 Å². The summed E-state index contributed by atoms with van der Waals surface area (Å²) in [5.41, 5.74) is 4.14. The Morgan fingerprint density at radius 3 is 2.36 bits per heavy atom. The number of para-hydroxylation sites is 2. The minimum Gasteiger partial charge on any atom is -0.496 e. The maximum absolute atomic E-state index is 13.0. The van der Waals surface area contributed by atoms with Gasteiger partial charge in [0.25, 0.3) is 0 Å². The van der Waals surface area contributed by atoms with Crippen molar-refractivity contribution in [3.05, 3.63) is 87.9 Å². The van der Waals surface area contributed by atoms with Crippen molar-refractivity contribution >= 4 is 44.2 Å². The number of fused-ring (bicyclic) bond motifs is 2. The van der Waals surface area contributed by atoms with E-state index in [1.807, 2.05) is 71.5 Å². The number of carbonyl (C=O) groups excluding carboxylic acids is 1. The van der Waals surface area contributed by atoms with Crippen LogP contribution >= 0.6 is 11.3 Å². The Morgan fingerprint density at radius 2 is 1.70 bits per heavy atom. The molecule has 1 N–H and O–H groups in total. The van der Waals surface area contributed by atoms with Crippen molar-refractivity contribution in [1.82, 2.24) is 9.55 Å². The van der Waals surface area contributed by atoms with Crippen LogP contribution in [-0.2, 0) is 11.3 Å². The summed E-state index contributed by atoms with van der Waals surface area (Å²) < 4.78 is 7.34. The summed E-state index contributed by atoms with van der Waals surface area (Å²) in [5.74, 6) is 0.515. The van der Waals surface area contributed by atoms with Crippen LogP contribution in [0, 0.1) is 6.92 Å². The number of thiazole rings is 1. The van der Waals surface area contributed by atoms with Crippen LogP contribution in [0.1, 0.15) is 5.56 Å². The fraction of sp³-hybridized carbons (Fsp3) is 0.115. The van der Waals surface area contributed by atoms with Gasteiger partial charge in [0.1, 0.15) is 12.3 Å². The van der Waals surface area contributed by atoms with Crippen LogP contribution in [0.15, 0.2) is 76.9 Å². The summed E-state index contributed by atoms with van der Waals surface area (Å²) in [6.07, 6.45) is 0. The van der Waals surface area contributed by atoms with Crippen molar-refractivity contribution in [2.45, 2.75) is 13.5 Å². The molecule has 2 heterocycles. The van der Waals surface area contributed by atoms with Crippen LogP contribution in [0.3, 0.4) is 0 Å². The van der Waals surface area contributed by atoms with Crippen LogP contribution in [0.5, 0.6) is 5.75 Å². The first-order chi connectivity index (χ1) is 16.0. The molecule has 3 aromatic carbocycles. The van der Waals surface area contributed by atoms with E-state index in [-0.39, 0.29) is 17.9 Å². The molecule has 164 valence electrons. The first kappa shape index (κ1) is 20.9. The average Bonchev–Trinajstić information content (AvgIpc) is 3.30. The van der Waals surface area contributed by atoms with Gasteiger partial charge in [-0.3, -0.25) is 9.59 Å². The van der Waals surface area contributed by atoms with Crippen LogP contribution in [-0.4, -0.2) is 22.6 Å². The molecule has 5 aromatic rings. The zero-order valence-electron chi connectivity index (χ0n) is 18.2. The van der Waals surface area contributed by atoms with Crippen LogP contribution < -0.4 is 15.5 Å². The molecule has 0 fully saturated rings. The molecule has 5 rings (SSSR count). The summed E-state index contributed by atoms with van der Waals surface area (Å²) in [7, 11) is 1.63. The predicted octanol–water partition coefficient (Wildman–Crippen LogP) is 5.23. The molecule has 2 aromatic heterocycles. The lowest BCUT2D eigenvalue weighted by Gasteiger charge is -2.14. The normalized spacial score (nSPS) is 11.1. The van der Waals surface area contributed by atoms with E-state index in [2.05, 4.69) is 10.3 Å². The van der Waals surface area contributed by atoms with Gasteiger partial charge in [-0.15, -0.1) is 11.3 Å². The first-order valence-electron chi connectivity index (χ1n) is 10.5. The molecule has 0 unspecified atom stereocenters. The summed E-state index contributed by atoms with van der Waals surface area (Å²) in [6.45, 7) is 2.07. The van der Waals surface area contributed by atoms with E-state index < -0.39 is 0 Å². The fourth-order valence-corrected chi connectivity index (χ4v) is 4.75. The number of hydrogen-bond acceptors (Lipinski definition) is 5. The molecule has 6 nitrogen and oxygen atoms in total. The Morgan fingerprint density at radius 1 is 1.03 bits per heavy atom. The maximum Gasteiger partial charge on any atom is 0.246 e. The van der Waals surface area contributed by atoms with Gasteiger partial charge in [-0.05, 0) is 43.3 Å². The van der Waals surface area contributed by atoms with Crippen LogP contribution in [0.25, 0.3) is 33.1 Å². The average molecular weight is 456 g/mol. The summed E-state index contributed by atoms with van der Waals surface area (Å²) in [5, 5.41) is 6.49. The fourth-order valence-electron chi connectivity index (χ4n) is 4.03. The maximum atomic E-state index is 13.0. The van der Waals surface area contributed by atoms with Gasteiger partial charge in [0.15, 0.2) is 10.6 Å². The number of nitrogens with zero attached hydrogens (tertiary/aromatic N) is 2. The van der Waals surface area contributed by atoms with Crippen LogP contribution in [0.2, 0.25) is 0 Å². The highest BCUT2D eigenvalue weighted by Crippen LogP contribution is 2.33. The quantitative estimate of drug-likeness (QED) is 0.368. The first-order valence-corrected chi connectivity index (χ1v) is 11.3. The second kappa shape index (κ2) is 8.52. The number of rotatable bonds is 5. The molecule has 33 heavy (non-hydrogen) atoms. The minimum absolute atomic E-state index is 0.0328. The van der Waals surface area contributed by atoms with E-state index in [1.165, 1.54) is 11.3 Å². The molecular weight excluding hydrogens is 434 g/mol. The molecule has 0 aliphatic heterocycles. The topological polar surface area (TPSA) is 73.2 Å². The number of hydrogen-bond donors (Lipinski definition) is 1. The highest BCUT2D eigenvalue weighted by molar-refractivity contribution is 7.14. The number of methoxy groups -OCH3 is 1. The van der Waals surface area contributed by atoms with Gasteiger partial charge in [0.05, 0.1) is 23.8 Å². The van der Waals surface area contributed by atoms with Crippen molar-refractivity contribution in [3.8, 4) is 17.0 Å². The smallest absolute Gasteiger partial charge is 0.246 e. The lowest BCUT2D eigenvalue weighted by Crippen LogP contribution is -2.21.